The van der Waals surface area contributed by atoms with E-state index in [0.717, 1.165) is 17.6 Å². The maximum atomic E-state index is 11.9. The van der Waals surface area contributed by atoms with Gasteiger partial charge in [0.1, 0.15) is 6.10 Å². The number of allylic oxidation sites excluding steroid dienone is 1. The summed E-state index contributed by atoms with van der Waals surface area (Å²) in [6.07, 6.45) is 1.80. The number of phenols is 1. The van der Waals surface area contributed by atoms with Crippen molar-refractivity contribution in [1.82, 2.24) is 5.32 Å². The summed E-state index contributed by atoms with van der Waals surface area (Å²) >= 11 is 3.35. The normalized spacial score (nSPS) is 33.0. The number of hydrogen-bond donors (Lipinski definition) is 3. The van der Waals surface area contributed by atoms with Gasteiger partial charge in [0, 0.05) is 24.8 Å². The zero-order chi connectivity index (χ0) is 19.9. The Morgan fingerprint density at radius 2 is 2.15 bits per heavy atom. The zero-order valence-electron chi connectivity index (χ0n) is 16.0. The third kappa shape index (κ3) is 3.73. The van der Waals surface area contributed by atoms with Crippen LogP contribution in [0.25, 0.3) is 0 Å². The Morgan fingerprint density at radius 3 is 2.78 bits per heavy atom. The average Bonchev–Trinajstić information content (AvgIpc) is 2.59. The summed E-state index contributed by atoms with van der Waals surface area (Å²) < 4.78 is 12.1. The number of methoxy groups -OCH3 is 1. The van der Waals surface area contributed by atoms with E-state index in [-0.39, 0.29) is 23.7 Å². The van der Waals surface area contributed by atoms with Gasteiger partial charge in [0.25, 0.3) is 0 Å². The minimum absolute atomic E-state index is 0.0241. The Balaban J connectivity index is 2.02. The van der Waals surface area contributed by atoms with Gasteiger partial charge in [0.2, 0.25) is 5.91 Å². The van der Waals surface area contributed by atoms with E-state index in [1.54, 1.807) is 12.1 Å². The van der Waals surface area contributed by atoms with Gasteiger partial charge >= 0.3 is 0 Å². The van der Waals surface area contributed by atoms with E-state index in [2.05, 4.69) is 21.2 Å². The highest BCUT2D eigenvalue weighted by Crippen LogP contribution is 2.48. The van der Waals surface area contributed by atoms with Crippen molar-refractivity contribution >= 4 is 21.8 Å². The molecule has 5 atom stereocenters. The van der Waals surface area contributed by atoms with Crippen molar-refractivity contribution in [2.24, 2.45) is 5.92 Å². The first-order valence-electron chi connectivity index (χ1n) is 9.01. The Morgan fingerprint density at radius 1 is 1.44 bits per heavy atom. The van der Waals surface area contributed by atoms with Crippen LogP contribution >= 0.6 is 15.9 Å². The molecule has 1 aliphatic heterocycles. The van der Waals surface area contributed by atoms with Crippen LogP contribution in [0.3, 0.4) is 0 Å². The minimum atomic E-state index is -0.720. The molecule has 1 aromatic rings. The molecule has 1 aliphatic carbocycles. The molecule has 3 N–H and O–H groups in total. The van der Waals surface area contributed by atoms with E-state index in [0.29, 0.717) is 16.6 Å². The second-order valence-electron chi connectivity index (χ2n) is 7.68. The lowest BCUT2D eigenvalue weighted by Crippen LogP contribution is -2.62. The van der Waals surface area contributed by atoms with Gasteiger partial charge in [-0.25, -0.2) is 0 Å². The number of aromatic hydroxyl groups is 1. The van der Waals surface area contributed by atoms with Crippen LogP contribution in [-0.4, -0.2) is 41.0 Å². The van der Waals surface area contributed by atoms with Gasteiger partial charge in [-0.1, -0.05) is 6.08 Å². The second kappa shape index (κ2) is 7.45. The van der Waals surface area contributed by atoms with Gasteiger partial charge in [-0.05, 0) is 59.5 Å². The summed E-state index contributed by atoms with van der Waals surface area (Å²) in [6.45, 7) is 5.41. The molecular formula is C20H26BrNO5. The number of halogens is 1. The van der Waals surface area contributed by atoms with Crippen LogP contribution in [0.5, 0.6) is 11.5 Å². The van der Waals surface area contributed by atoms with Crippen LogP contribution < -0.4 is 10.1 Å². The van der Waals surface area contributed by atoms with Crippen LogP contribution in [-0.2, 0) is 9.53 Å². The molecule has 1 heterocycles. The lowest BCUT2D eigenvalue weighted by atomic mass is 9.68. The molecule has 6 nitrogen and oxygen atoms in total. The largest absolute Gasteiger partial charge is 0.503 e. The summed E-state index contributed by atoms with van der Waals surface area (Å²) in [5.74, 6) is 0.226. The van der Waals surface area contributed by atoms with Crippen LogP contribution in [0.4, 0.5) is 0 Å². The number of benzene rings is 1. The SMILES string of the molecule is COc1cc([C@@H]2C[C@@](C)(NC(C)=O)[C@@H]3CC=C(C)[C@@H](O)[C@@H]3O2)cc(Br)c1O. The lowest BCUT2D eigenvalue weighted by molar-refractivity contribution is -0.165. The van der Waals surface area contributed by atoms with Gasteiger partial charge < -0.3 is 25.0 Å². The van der Waals surface area contributed by atoms with Crippen LogP contribution in [0.2, 0.25) is 0 Å². The zero-order valence-corrected chi connectivity index (χ0v) is 17.5. The third-order valence-corrected chi connectivity index (χ3v) is 6.33. The molecule has 0 aromatic heterocycles. The Kier molecular flexibility index (Phi) is 5.57. The molecule has 3 rings (SSSR count). The number of nitrogens with one attached hydrogen (secondary N) is 1. The number of amides is 1. The Bertz CT molecular complexity index is 780. The number of aliphatic hydroxyl groups is 1. The first-order chi connectivity index (χ1) is 12.7. The summed E-state index contributed by atoms with van der Waals surface area (Å²) in [4.78, 5) is 11.9. The third-order valence-electron chi connectivity index (χ3n) is 5.72. The lowest BCUT2D eigenvalue weighted by Gasteiger charge is -2.52. The highest BCUT2D eigenvalue weighted by molar-refractivity contribution is 9.10. The average molecular weight is 440 g/mol. The quantitative estimate of drug-likeness (QED) is 0.629. The monoisotopic (exact) mass is 439 g/mol. The molecule has 2 aliphatic rings. The van der Waals surface area contributed by atoms with E-state index in [4.69, 9.17) is 9.47 Å². The standard InChI is InChI=1S/C20H26BrNO5/c1-10-5-6-13-19(17(10)24)27-16(9-20(13,3)22-11(2)23)12-7-14(21)18(25)15(8-12)26-4/h5,7-8,13,16-17,19,24-25H,6,9H2,1-4H3,(H,22,23)/t13-,16+,17-,19-,20-/m1/s1. The number of aliphatic hydroxyl groups excluding tert-OH is 1. The second-order valence-corrected chi connectivity index (χ2v) is 8.54. The summed E-state index contributed by atoms with van der Waals surface area (Å²) in [5, 5.41) is 23.9. The van der Waals surface area contributed by atoms with Crippen molar-refractivity contribution in [3.8, 4) is 11.5 Å². The highest BCUT2D eigenvalue weighted by atomic mass is 79.9. The predicted octanol–water partition coefficient (Wildman–Crippen LogP) is 3.22. The fraction of sp³-hybridized carbons (Fsp3) is 0.550. The van der Waals surface area contributed by atoms with Crippen molar-refractivity contribution in [1.29, 1.82) is 0 Å². The van der Waals surface area contributed by atoms with E-state index in [9.17, 15) is 15.0 Å². The number of rotatable bonds is 3. The van der Waals surface area contributed by atoms with Crippen molar-refractivity contribution < 1.29 is 24.5 Å². The molecule has 0 radical (unpaired) electrons. The number of phenolic OH excluding ortho intramolecular Hbond substituents is 1. The number of hydrogen-bond acceptors (Lipinski definition) is 5. The molecule has 0 saturated carbocycles. The molecule has 1 saturated heterocycles. The van der Waals surface area contributed by atoms with Gasteiger partial charge in [0.15, 0.2) is 11.5 Å². The predicted molar refractivity (Wildman–Crippen MR) is 105 cm³/mol. The Hall–Kier alpha value is -1.57. The van der Waals surface area contributed by atoms with Crippen LogP contribution in [0, 0.1) is 5.92 Å². The maximum absolute atomic E-state index is 11.9. The topological polar surface area (TPSA) is 88.0 Å². The summed E-state index contributed by atoms with van der Waals surface area (Å²) in [6, 6.07) is 3.52. The molecule has 1 fully saturated rings. The molecule has 27 heavy (non-hydrogen) atoms. The smallest absolute Gasteiger partial charge is 0.217 e. The molecule has 0 spiro atoms. The number of ether oxygens (including phenoxy) is 2. The summed E-state index contributed by atoms with van der Waals surface area (Å²) in [7, 11) is 1.49. The van der Waals surface area contributed by atoms with Crippen molar-refractivity contribution in [2.45, 2.75) is 57.5 Å². The molecular weight excluding hydrogens is 414 g/mol. The first-order valence-corrected chi connectivity index (χ1v) is 9.81. The molecule has 0 unspecified atom stereocenters. The minimum Gasteiger partial charge on any atom is -0.503 e. The molecule has 148 valence electrons. The molecule has 7 heteroatoms. The fourth-order valence-electron chi connectivity index (χ4n) is 4.29. The maximum Gasteiger partial charge on any atom is 0.217 e. The number of carbonyl (C=O) groups is 1. The first kappa shape index (κ1) is 20.2. The Labute approximate surface area is 167 Å². The van der Waals surface area contributed by atoms with Gasteiger partial charge in [-0.15, -0.1) is 0 Å². The van der Waals surface area contributed by atoms with E-state index < -0.39 is 17.7 Å². The van der Waals surface area contributed by atoms with Crippen molar-refractivity contribution in [2.75, 3.05) is 7.11 Å². The van der Waals surface area contributed by atoms with Crippen LogP contribution in [0.1, 0.15) is 45.3 Å². The van der Waals surface area contributed by atoms with Crippen molar-refractivity contribution in [3.63, 3.8) is 0 Å². The van der Waals surface area contributed by atoms with Gasteiger partial charge in [-0.2, -0.15) is 0 Å². The van der Waals surface area contributed by atoms with Gasteiger partial charge in [-0.3, -0.25) is 4.79 Å². The van der Waals surface area contributed by atoms with Gasteiger partial charge in [0.05, 0.1) is 23.8 Å². The number of fused-ring (bicyclic) bond motifs is 1. The summed E-state index contributed by atoms with van der Waals surface area (Å²) in [5.41, 5.74) is 1.16. The molecule has 0 bridgehead atoms. The van der Waals surface area contributed by atoms with E-state index in [1.165, 1.54) is 14.0 Å². The van der Waals surface area contributed by atoms with Crippen molar-refractivity contribution in [3.05, 3.63) is 33.8 Å². The fourth-order valence-corrected chi connectivity index (χ4v) is 4.75. The highest BCUT2D eigenvalue weighted by Gasteiger charge is 2.51. The number of carbonyl (C=O) groups excluding carboxylic acids is 1. The molecule has 1 aromatic carbocycles. The van der Waals surface area contributed by atoms with E-state index >= 15 is 0 Å². The van der Waals surface area contributed by atoms with E-state index in [1.807, 2.05) is 19.9 Å². The van der Waals surface area contributed by atoms with Crippen LogP contribution in [0.15, 0.2) is 28.3 Å². The molecule has 1 amide bonds.